The fourth-order valence-electron chi connectivity index (χ4n) is 3.58. The summed E-state index contributed by atoms with van der Waals surface area (Å²) in [5.41, 5.74) is 2.81. The van der Waals surface area contributed by atoms with Crippen LogP contribution in [0.25, 0.3) is 11.0 Å². The summed E-state index contributed by atoms with van der Waals surface area (Å²) in [5, 5.41) is 11.0. The Kier molecular flexibility index (Phi) is 3.91. The number of carbonyl (C=O) groups is 1. The maximum Gasteiger partial charge on any atom is 0.272 e. The van der Waals surface area contributed by atoms with E-state index >= 15 is 0 Å². The van der Waals surface area contributed by atoms with Gasteiger partial charge < -0.3 is 9.88 Å². The molecule has 1 aromatic heterocycles. The van der Waals surface area contributed by atoms with Crippen LogP contribution in [0, 0.1) is 17.0 Å². The number of nitrogens with one attached hydrogen (secondary N) is 1. The maximum atomic E-state index is 13.0. The van der Waals surface area contributed by atoms with Gasteiger partial charge in [0.25, 0.3) is 11.6 Å². The Balaban J connectivity index is 1.64. The van der Waals surface area contributed by atoms with Gasteiger partial charge in [0.1, 0.15) is 5.82 Å². The lowest BCUT2D eigenvalue weighted by Crippen LogP contribution is -2.31. The van der Waals surface area contributed by atoms with E-state index in [1.807, 2.05) is 24.3 Å². The van der Waals surface area contributed by atoms with E-state index in [0.717, 1.165) is 29.7 Å². The standard InChI is InChI=1S/C19H18N4O3/c1-12-11-13(8-9-16(12)23(25)26)19(24)22-10-4-7-17(22)18-20-14-5-2-3-6-15(14)21-18/h2-3,5-6,8-9,11,17H,4,7,10H2,1H3,(H,20,21). The highest BCUT2D eigenvalue weighted by Crippen LogP contribution is 2.33. The Labute approximate surface area is 149 Å². The van der Waals surface area contributed by atoms with Crippen LogP contribution in [0.1, 0.15) is 40.6 Å². The smallest absolute Gasteiger partial charge is 0.272 e. The van der Waals surface area contributed by atoms with Crippen molar-refractivity contribution in [2.45, 2.75) is 25.8 Å². The molecule has 4 rings (SSSR count). The minimum Gasteiger partial charge on any atom is -0.340 e. The molecule has 1 atom stereocenters. The summed E-state index contributed by atoms with van der Waals surface area (Å²) < 4.78 is 0. The molecule has 1 aliphatic rings. The highest BCUT2D eigenvalue weighted by molar-refractivity contribution is 5.95. The average molecular weight is 350 g/mol. The lowest BCUT2D eigenvalue weighted by molar-refractivity contribution is -0.385. The molecule has 0 radical (unpaired) electrons. The first-order chi connectivity index (χ1) is 12.5. The van der Waals surface area contributed by atoms with Gasteiger partial charge in [-0.25, -0.2) is 4.98 Å². The molecule has 2 aromatic carbocycles. The van der Waals surface area contributed by atoms with Gasteiger partial charge in [-0.1, -0.05) is 12.1 Å². The number of nitro benzene ring substituents is 1. The molecular formula is C19H18N4O3. The van der Waals surface area contributed by atoms with E-state index in [1.54, 1.807) is 17.9 Å². The second-order valence-corrected chi connectivity index (χ2v) is 6.55. The third kappa shape index (κ3) is 2.71. The number of benzene rings is 2. The van der Waals surface area contributed by atoms with Crippen LogP contribution in [0.4, 0.5) is 5.69 Å². The van der Waals surface area contributed by atoms with Crippen molar-refractivity contribution in [3.8, 4) is 0 Å². The van der Waals surface area contributed by atoms with Crippen LogP contribution in [-0.2, 0) is 0 Å². The molecular weight excluding hydrogens is 332 g/mol. The number of imidazole rings is 1. The molecule has 0 bridgehead atoms. The second kappa shape index (κ2) is 6.25. The van der Waals surface area contributed by atoms with Crippen molar-refractivity contribution in [3.63, 3.8) is 0 Å². The minimum atomic E-state index is -0.434. The number of rotatable bonds is 3. The van der Waals surface area contributed by atoms with E-state index in [0.29, 0.717) is 17.7 Å². The van der Waals surface area contributed by atoms with E-state index in [-0.39, 0.29) is 17.6 Å². The number of aryl methyl sites for hydroxylation is 1. The van der Waals surface area contributed by atoms with Crippen LogP contribution >= 0.6 is 0 Å². The predicted octanol–water partition coefficient (Wildman–Crippen LogP) is 3.76. The zero-order valence-corrected chi connectivity index (χ0v) is 14.3. The molecule has 7 heteroatoms. The van der Waals surface area contributed by atoms with Gasteiger partial charge in [0.15, 0.2) is 0 Å². The lowest BCUT2D eigenvalue weighted by atomic mass is 10.1. The van der Waals surface area contributed by atoms with Crippen LogP contribution in [0.3, 0.4) is 0 Å². The largest absolute Gasteiger partial charge is 0.340 e. The topological polar surface area (TPSA) is 92.1 Å². The molecule has 0 saturated carbocycles. The molecule has 0 spiro atoms. The van der Waals surface area contributed by atoms with E-state index in [1.165, 1.54) is 12.1 Å². The number of fused-ring (bicyclic) bond motifs is 1. The molecule has 132 valence electrons. The summed E-state index contributed by atoms with van der Waals surface area (Å²) in [6, 6.07) is 12.2. The van der Waals surface area contributed by atoms with Crippen molar-refractivity contribution in [2.75, 3.05) is 6.54 Å². The van der Waals surface area contributed by atoms with Gasteiger partial charge in [0, 0.05) is 23.7 Å². The molecule has 1 aliphatic heterocycles. The molecule has 1 saturated heterocycles. The van der Waals surface area contributed by atoms with Crippen molar-refractivity contribution in [1.29, 1.82) is 0 Å². The molecule has 1 amide bonds. The van der Waals surface area contributed by atoms with Crippen LogP contribution in [0.15, 0.2) is 42.5 Å². The zero-order chi connectivity index (χ0) is 18.3. The Hall–Kier alpha value is -3.22. The molecule has 26 heavy (non-hydrogen) atoms. The number of para-hydroxylation sites is 2. The van der Waals surface area contributed by atoms with Gasteiger partial charge >= 0.3 is 0 Å². The van der Waals surface area contributed by atoms with Gasteiger partial charge in [0.05, 0.1) is 22.0 Å². The number of H-pyrrole nitrogens is 1. The first-order valence-electron chi connectivity index (χ1n) is 8.55. The van der Waals surface area contributed by atoms with Gasteiger partial charge in [-0.2, -0.15) is 0 Å². The molecule has 1 N–H and O–H groups in total. The predicted molar refractivity (Wildman–Crippen MR) is 96.9 cm³/mol. The molecule has 7 nitrogen and oxygen atoms in total. The third-order valence-corrected chi connectivity index (χ3v) is 4.88. The maximum absolute atomic E-state index is 13.0. The molecule has 3 aromatic rings. The monoisotopic (exact) mass is 350 g/mol. The molecule has 0 aliphatic carbocycles. The Morgan fingerprint density at radius 3 is 2.85 bits per heavy atom. The number of hydrogen-bond donors (Lipinski definition) is 1. The SMILES string of the molecule is Cc1cc(C(=O)N2CCCC2c2nc3ccccc3[nH]2)ccc1[N+](=O)[O-]. The fourth-order valence-corrected chi connectivity index (χ4v) is 3.58. The summed E-state index contributed by atoms with van der Waals surface area (Å²) in [7, 11) is 0. The Bertz CT molecular complexity index is 978. The highest BCUT2D eigenvalue weighted by atomic mass is 16.6. The molecule has 1 fully saturated rings. The highest BCUT2D eigenvalue weighted by Gasteiger charge is 2.33. The van der Waals surface area contributed by atoms with E-state index in [4.69, 9.17) is 0 Å². The number of nitrogens with zero attached hydrogens (tertiary/aromatic N) is 3. The zero-order valence-electron chi connectivity index (χ0n) is 14.3. The summed E-state index contributed by atoms with van der Waals surface area (Å²) in [4.78, 5) is 33.3. The normalized spacial score (nSPS) is 17.0. The fraction of sp³-hybridized carbons (Fsp3) is 0.263. The van der Waals surface area contributed by atoms with Crippen molar-refractivity contribution >= 4 is 22.6 Å². The number of aromatic nitrogens is 2. The van der Waals surface area contributed by atoms with Crippen molar-refractivity contribution in [1.82, 2.24) is 14.9 Å². The summed E-state index contributed by atoms with van der Waals surface area (Å²) in [6.07, 6.45) is 1.75. The molecule has 1 unspecified atom stereocenters. The minimum absolute atomic E-state index is 0.0248. The summed E-state index contributed by atoms with van der Waals surface area (Å²) in [6.45, 7) is 2.30. The van der Waals surface area contributed by atoms with Gasteiger partial charge in [-0.3, -0.25) is 14.9 Å². The quantitative estimate of drug-likeness (QED) is 0.575. The lowest BCUT2D eigenvalue weighted by Gasteiger charge is -2.23. The van der Waals surface area contributed by atoms with Crippen molar-refractivity contribution in [3.05, 3.63) is 69.5 Å². The number of nitro groups is 1. The number of hydrogen-bond acceptors (Lipinski definition) is 4. The second-order valence-electron chi connectivity index (χ2n) is 6.55. The number of likely N-dealkylation sites (tertiary alicyclic amines) is 1. The Morgan fingerprint density at radius 2 is 2.12 bits per heavy atom. The van der Waals surface area contributed by atoms with Gasteiger partial charge in [-0.15, -0.1) is 0 Å². The van der Waals surface area contributed by atoms with Crippen LogP contribution in [-0.4, -0.2) is 32.2 Å². The Morgan fingerprint density at radius 1 is 1.31 bits per heavy atom. The van der Waals surface area contributed by atoms with Crippen LogP contribution in [0.5, 0.6) is 0 Å². The average Bonchev–Trinajstić information content (AvgIpc) is 3.26. The number of amides is 1. The van der Waals surface area contributed by atoms with Gasteiger partial charge in [-0.05, 0) is 44.0 Å². The van der Waals surface area contributed by atoms with E-state index in [9.17, 15) is 14.9 Å². The van der Waals surface area contributed by atoms with Crippen molar-refractivity contribution in [2.24, 2.45) is 0 Å². The number of aromatic amines is 1. The number of carbonyl (C=O) groups excluding carboxylic acids is 1. The first kappa shape index (κ1) is 16.3. The third-order valence-electron chi connectivity index (χ3n) is 4.88. The van der Waals surface area contributed by atoms with E-state index in [2.05, 4.69) is 9.97 Å². The van der Waals surface area contributed by atoms with E-state index < -0.39 is 4.92 Å². The van der Waals surface area contributed by atoms with Crippen molar-refractivity contribution < 1.29 is 9.72 Å². The van der Waals surface area contributed by atoms with Gasteiger partial charge in [0.2, 0.25) is 0 Å². The first-order valence-corrected chi connectivity index (χ1v) is 8.55. The summed E-state index contributed by atoms with van der Waals surface area (Å²) in [5.74, 6) is 0.668. The van der Waals surface area contributed by atoms with Crippen LogP contribution < -0.4 is 0 Å². The molecule has 2 heterocycles. The van der Waals surface area contributed by atoms with Crippen LogP contribution in [0.2, 0.25) is 0 Å². The summed E-state index contributed by atoms with van der Waals surface area (Å²) >= 11 is 0.